The summed E-state index contributed by atoms with van der Waals surface area (Å²) in [4.78, 5) is 44.8. The van der Waals surface area contributed by atoms with Crippen molar-refractivity contribution in [2.75, 3.05) is 49.5 Å². The predicted molar refractivity (Wildman–Crippen MR) is 139 cm³/mol. The van der Waals surface area contributed by atoms with Gasteiger partial charge in [0.2, 0.25) is 5.91 Å². The highest BCUT2D eigenvalue weighted by Gasteiger charge is 2.34. The fourth-order valence-electron chi connectivity index (χ4n) is 4.51. The highest BCUT2D eigenvalue weighted by atomic mass is 35.5. The molecule has 2 aromatic rings. The molecule has 1 saturated heterocycles. The molecule has 8 heteroatoms. The van der Waals surface area contributed by atoms with E-state index in [1.165, 1.54) is 0 Å². The first-order chi connectivity index (χ1) is 16.9. The minimum atomic E-state index is -0.264. The van der Waals surface area contributed by atoms with Crippen molar-refractivity contribution in [3.05, 3.63) is 58.6 Å². The summed E-state index contributed by atoms with van der Waals surface area (Å²) in [5.41, 5.74) is 2.45. The molecule has 0 spiro atoms. The Bertz CT molecular complexity index is 1080. The first kappa shape index (κ1) is 25.0. The molecule has 1 aliphatic heterocycles. The largest absolute Gasteiger partial charge is 0.369 e. The highest BCUT2D eigenvalue weighted by molar-refractivity contribution is 6.30. The monoisotopic (exact) mass is 496 g/mol. The number of anilines is 2. The molecule has 0 bridgehead atoms. The zero-order valence-electron chi connectivity index (χ0n) is 20.4. The van der Waals surface area contributed by atoms with Crippen molar-refractivity contribution in [2.24, 2.45) is 5.92 Å². The Hall–Kier alpha value is -3.06. The maximum atomic E-state index is 13.5. The van der Waals surface area contributed by atoms with E-state index in [0.29, 0.717) is 48.0 Å². The molecule has 0 unspecified atom stereocenters. The lowest BCUT2D eigenvalue weighted by atomic mass is 10.1. The average molecular weight is 497 g/mol. The average Bonchev–Trinajstić information content (AvgIpc) is 3.72. The molecule has 186 valence electrons. The van der Waals surface area contributed by atoms with Gasteiger partial charge in [-0.2, -0.15) is 0 Å². The SMILES string of the molecule is CCN(CC)C(=O)c1cc(NC(=O)c2ccc(Cl)cc2)ccc1N1CCCN(C(=O)C2CC2)CC1. The Labute approximate surface area is 212 Å². The van der Waals surface area contributed by atoms with E-state index in [-0.39, 0.29) is 23.6 Å². The number of carbonyl (C=O) groups is 3. The van der Waals surface area contributed by atoms with E-state index in [4.69, 9.17) is 11.6 Å². The first-order valence-corrected chi connectivity index (χ1v) is 12.8. The zero-order chi connectivity index (χ0) is 24.9. The second-order valence-electron chi connectivity index (χ2n) is 9.11. The molecule has 4 rings (SSSR count). The summed E-state index contributed by atoms with van der Waals surface area (Å²) in [5.74, 6) is 0.152. The Morgan fingerprint density at radius 3 is 2.34 bits per heavy atom. The Morgan fingerprint density at radius 1 is 0.971 bits per heavy atom. The van der Waals surface area contributed by atoms with Crippen LogP contribution in [0.1, 0.15) is 53.8 Å². The molecule has 0 atom stereocenters. The van der Waals surface area contributed by atoms with E-state index >= 15 is 0 Å². The topological polar surface area (TPSA) is 73.0 Å². The standard InChI is InChI=1S/C27H33ClN4O3/c1-3-30(4-2)27(35)23-18-22(29-25(33)19-8-10-21(28)11-9-19)12-13-24(23)31-14-5-15-32(17-16-31)26(34)20-6-7-20/h8-13,18,20H,3-7,14-17H2,1-2H3,(H,29,33). The summed E-state index contributed by atoms with van der Waals surface area (Å²) in [6.45, 7) is 7.96. The molecule has 1 N–H and O–H groups in total. The molecule has 0 radical (unpaired) electrons. The van der Waals surface area contributed by atoms with Gasteiger partial charge in [-0.05, 0) is 75.6 Å². The normalized spacial score (nSPS) is 16.0. The van der Waals surface area contributed by atoms with Crippen LogP contribution in [-0.4, -0.2) is 66.8 Å². The molecule has 0 aromatic heterocycles. The molecule has 2 fully saturated rings. The van der Waals surface area contributed by atoms with Crippen molar-refractivity contribution in [2.45, 2.75) is 33.1 Å². The minimum absolute atomic E-state index is 0.0669. The van der Waals surface area contributed by atoms with Gasteiger partial charge in [0.25, 0.3) is 11.8 Å². The number of nitrogens with zero attached hydrogens (tertiary/aromatic N) is 3. The van der Waals surface area contributed by atoms with E-state index in [2.05, 4.69) is 10.2 Å². The molecule has 3 amide bonds. The quantitative estimate of drug-likeness (QED) is 0.611. The molecule has 1 heterocycles. The lowest BCUT2D eigenvalue weighted by Crippen LogP contribution is -2.37. The Kier molecular flexibility index (Phi) is 7.96. The van der Waals surface area contributed by atoms with Gasteiger partial charge >= 0.3 is 0 Å². The number of rotatable bonds is 7. The maximum absolute atomic E-state index is 13.5. The number of hydrogen-bond donors (Lipinski definition) is 1. The van der Waals surface area contributed by atoms with Crippen LogP contribution in [-0.2, 0) is 4.79 Å². The molecule has 2 aromatic carbocycles. The van der Waals surface area contributed by atoms with Gasteiger partial charge in [0.05, 0.1) is 5.56 Å². The molecule has 1 saturated carbocycles. The third-order valence-electron chi connectivity index (χ3n) is 6.72. The van der Waals surface area contributed by atoms with Gasteiger partial charge < -0.3 is 20.0 Å². The van der Waals surface area contributed by atoms with Gasteiger partial charge in [0, 0.05) is 67.1 Å². The number of carbonyl (C=O) groups excluding carboxylic acids is 3. The molecular formula is C27H33ClN4O3. The van der Waals surface area contributed by atoms with Crippen LogP contribution < -0.4 is 10.2 Å². The van der Waals surface area contributed by atoms with Gasteiger partial charge in [-0.3, -0.25) is 14.4 Å². The van der Waals surface area contributed by atoms with Crippen LogP contribution in [0.5, 0.6) is 0 Å². The van der Waals surface area contributed by atoms with E-state index < -0.39 is 0 Å². The minimum Gasteiger partial charge on any atom is -0.369 e. The number of amides is 3. The number of halogens is 1. The summed E-state index contributed by atoms with van der Waals surface area (Å²) < 4.78 is 0. The predicted octanol–water partition coefficient (Wildman–Crippen LogP) is 4.52. The number of benzene rings is 2. The van der Waals surface area contributed by atoms with Crippen LogP contribution in [0.4, 0.5) is 11.4 Å². The van der Waals surface area contributed by atoms with Crippen LogP contribution in [0.3, 0.4) is 0 Å². The van der Waals surface area contributed by atoms with Crippen LogP contribution in [0, 0.1) is 5.92 Å². The van der Waals surface area contributed by atoms with Crippen molar-refractivity contribution < 1.29 is 14.4 Å². The smallest absolute Gasteiger partial charge is 0.256 e. The van der Waals surface area contributed by atoms with E-state index in [1.807, 2.05) is 30.9 Å². The van der Waals surface area contributed by atoms with Crippen molar-refractivity contribution in [3.63, 3.8) is 0 Å². The van der Waals surface area contributed by atoms with E-state index in [0.717, 1.165) is 38.0 Å². The maximum Gasteiger partial charge on any atom is 0.256 e. The van der Waals surface area contributed by atoms with Crippen LogP contribution >= 0.6 is 11.6 Å². The molecule has 1 aliphatic carbocycles. The fourth-order valence-corrected chi connectivity index (χ4v) is 4.64. The lowest BCUT2D eigenvalue weighted by Gasteiger charge is -2.28. The first-order valence-electron chi connectivity index (χ1n) is 12.4. The van der Waals surface area contributed by atoms with Gasteiger partial charge in [0.15, 0.2) is 0 Å². The van der Waals surface area contributed by atoms with Crippen LogP contribution in [0.15, 0.2) is 42.5 Å². The second-order valence-corrected chi connectivity index (χ2v) is 9.55. The molecular weight excluding hydrogens is 464 g/mol. The van der Waals surface area contributed by atoms with Crippen molar-refractivity contribution in [1.82, 2.24) is 9.80 Å². The fraction of sp³-hybridized carbons (Fsp3) is 0.444. The van der Waals surface area contributed by atoms with Crippen molar-refractivity contribution in [3.8, 4) is 0 Å². The third kappa shape index (κ3) is 5.96. The summed E-state index contributed by atoms with van der Waals surface area (Å²) in [6, 6.07) is 12.2. The summed E-state index contributed by atoms with van der Waals surface area (Å²) >= 11 is 5.94. The van der Waals surface area contributed by atoms with Crippen molar-refractivity contribution >= 4 is 40.7 Å². The summed E-state index contributed by atoms with van der Waals surface area (Å²) in [5, 5.41) is 3.47. The number of hydrogen-bond acceptors (Lipinski definition) is 4. The third-order valence-corrected chi connectivity index (χ3v) is 6.97. The Morgan fingerprint density at radius 2 is 1.69 bits per heavy atom. The highest BCUT2D eigenvalue weighted by Crippen LogP contribution is 2.32. The zero-order valence-corrected chi connectivity index (χ0v) is 21.2. The van der Waals surface area contributed by atoms with E-state index in [9.17, 15) is 14.4 Å². The molecule has 7 nitrogen and oxygen atoms in total. The van der Waals surface area contributed by atoms with Gasteiger partial charge in [-0.15, -0.1) is 0 Å². The molecule has 35 heavy (non-hydrogen) atoms. The van der Waals surface area contributed by atoms with Gasteiger partial charge in [-0.1, -0.05) is 11.6 Å². The number of nitrogens with one attached hydrogen (secondary N) is 1. The van der Waals surface area contributed by atoms with Crippen LogP contribution in [0.25, 0.3) is 0 Å². The Balaban J connectivity index is 1.58. The van der Waals surface area contributed by atoms with Gasteiger partial charge in [0.1, 0.15) is 0 Å². The van der Waals surface area contributed by atoms with Crippen molar-refractivity contribution in [1.29, 1.82) is 0 Å². The van der Waals surface area contributed by atoms with Gasteiger partial charge in [-0.25, -0.2) is 0 Å². The molecule has 2 aliphatic rings. The van der Waals surface area contributed by atoms with E-state index in [1.54, 1.807) is 35.2 Å². The lowest BCUT2D eigenvalue weighted by molar-refractivity contribution is -0.132. The summed E-state index contributed by atoms with van der Waals surface area (Å²) in [6.07, 6.45) is 2.86. The summed E-state index contributed by atoms with van der Waals surface area (Å²) in [7, 11) is 0. The van der Waals surface area contributed by atoms with Crippen LogP contribution in [0.2, 0.25) is 5.02 Å². The second kappa shape index (κ2) is 11.1.